The lowest BCUT2D eigenvalue weighted by Gasteiger charge is -2.17. The SMILES string of the molecule is CNC(=O)c1ccccc1Nc1nc(NC2CCCC2)ncc1C(F)(F)F. The predicted molar refractivity (Wildman–Crippen MR) is 96.0 cm³/mol. The Kier molecular flexibility index (Phi) is 5.48. The zero-order chi connectivity index (χ0) is 19.4. The molecular formula is C18H20F3N5O. The third-order valence-electron chi connectivity index (χ3n) is 4.43. The van der Waals surface area contributed by atoms with E-state index in [1.54, 1.807) is 12.1 Å². The van der Waals surface area contributed by atoms with Crippen LogP contribution in [0.3, 0.4) is 0 Å². The highest BCUT2D eigenvalue weighted by atomic mass is 19.4. The molecule has 0 radical (unpaired) electrons. The molecule has 0 saturated heterocycles. The van der Waals surface area contributed by atoms with Crippen molar-refractivity contribution in [2.45, 2.75) is 37.9 Å². The molecule has 1 fully saturated rings. The lowest BCUT2D eigenvalue weighted by molar-refractivity contribution is -0.137. The largest absolute Gasteiger partial charge is 0.421 e. The van der Waals surface area contributed by atoms with Crippen LogP contribution in [0.5, 0.6) is 0 Å². The molecule has 0 bridgehead atoms. The molecule has 0 atom stereocenters. The number of amides is 1. The highest BCUT2D eigenvalue weighted by molar-refractivity contribution is 6.00. The summed E-state index contributed by atoms with van der Waals surface area (Å²) in [6.45, 7) is 0. The molecule has 2 aromatic rings. The van der Waals surface area contributed by atoms with Crippen LogP contribution in [0.25, 0.3) is 0 Å². The zero-order valence-corrected chi connectivity index (χ0v) is 14.7. The summed E-state index contributed by atoms with van der Waals surface area (Å²) in [6, 6.07) is 6.46. The topological polar surface area (TPSA) is 78.9 Å². The zero-order valence-electron chi connectivity index (χ0n) is 14.7. The molecular weight excluding hydrogens is 359 g/mol. The lowest BCUT2D eigenvalue weighted by atomic mass is 10.1. The van der Waals surface area contributed by atoms with Crippen molar-refractivity contribution in [1.82, 2.24) is 15.3 Å². The lowest BCUT2D eigenvalue weighted by Crippen LogP contribution is -2.21. The van der Waals surface area contributed by atoms with Crippen molar-refractivity contribution in [2.75, 3.05) is 17.7 Å². The Morgan fingerprint density at radius 3 is 2.56 bits per heavy atom. The second-order valence-corrected chi connectivity index (χ2v) is 6.33. The number of anilines is 3. The average Bonchev–Trinajstić information content (AvgIpc) is 3.14. The molecule has 1 aromatic carbocycles. The fraction of sp³-hybridized carbons (Fsp3) is 0.389. The Morgan fingerprint density at radius 2 is 1.89 bits per heavy atom. The Morgan fingerprint density at radius 1 is 1.19 bits per heavy atom. The van der Waals surface area contributed by atoms with Gasteiger partial charge >= 0.3 is 6.18 Å². The van der Waals surface area contributed by atoms with Gasteiger partial charge < -0.3 is 16.0 Å². The summed E-state index contributed by atoms with van der Waals surface area (Å²) in [6.07, 6.45) is 0.149. The van der Waals surface area contributed by atoms with Crippen molar-refractivity contribution >= 4 is 23.4 Å². The molecule has 1 saturated carbocycles. The van der Waals surface area contributed by atoms with Gasteiger partial charge in [-0.05, 0) is 25.0 Å². The van der Waals surface area contributed by atoms with Crippen molar-refractivity contribution in [3.63, 3.8) is 0 Å². The van der Waals surface area contributed by atoms with E-state index >= 15 is 0 Å². The van der Waals surface area contributed by atoms with Gasteiger partial charge in [0.2, 0.25) is 5.95 Å². The molecule has 27 heavy (non-hydrogen) atoms. The van der Waals surface area contributed by atoms with Crippen molar-refractivity contribution in [3.8, 4) is 0 Å². The van der Waals surface area contributed by atoms with Crippen LogP contribution < -0.4 is 16.0 Å². The van der Waals surface area contributed by atoms with Gasteiger partial charge in [0.1, 0.15) is 11.4 Å². The fourth-order valence-corrected chi connectivity index (χ4v) is 3.06. The van der Waals surface area contributed by atoms with Gasteiger partial charge in [-0.2, -0.15) is 18.2 Å². The molecule has 3 N–H and O–H groups in total. The van der Waals surface area contributed by atoms with E-state index in [2.05, 4.69) is 25.9 Å². The van der Waals surface area contributed by atoms with Crippen molar-refractivity contribution in [2.24, 2.45) is 0 Å². The second kappa shape index (κ2) is 7.81. The van der Waals surface area contributed by atoms with Crippen molar-refractivity contribution in [1.29, 1.82) is 0 Å². The van der Waals surface area contributed by atoms with Crippen LogP contribution in [0.1, 0.15) is 41.6 Å². The molecule has 1 aromatic heterocycles. The van der Waals surface area contributed by atoms with Gasteiger partial charge in [-0.25, -0.2) is 4.98 Å². The number of halogens is 3. The van der Waals surface area contributed by atoms with E-state index in [9.17, 15) is 18.0 Å². The fourth-order valence-electron chi connectivity index (χ4n) is 3.06. The average molecular weight is 379 g/mol. The first-order chi connectivity index (χ1) is 12.9. The number of aromatic nitrogens is 2. The van der Waals surface area contributed by atoms with E-state index in [1.165, 1.54) is 19.2 Å². The molecule has 0 spiro atoms. The summed E-state index contributed by atoms with van der Waals surface area (Å²) >= 11 is 0. The molecule has 144 valence electrons. The molecule has 1 heterocycles. The second-order valence-electron chi connectivity index (χ2n) is 6.33. The number of hydrogen-bond acceptors (Lipinski definition) is 5. The minimum absolute atomic E-state index is 0.134. The van der Waals surface area contributed by atoms with Crippen molar-refractivity contribution < 1.29 is 18.0 Å². The number of para-hydroxylation sites is 1. The van der Waals surface area contributed by atoms with Gasteiger partial charge in [0, 0.05) is 19.3 Å². The summed E-state index contributed by atoms with van der Waals surface area (Å²) in [5, 5.41) is 8.21. The van der Waals surface area contributed by atoms with E-state index in [4.69, 9.17) is 0 Å². The smallest absolute Gasteiger partial charge is 0.355 e. The van der Waals surface area contributed by atoms with E-state index < -0.39 is 23.5 Å². The number of rotatable bonds is 5. The van der Waals surface area contributed by atoms with Gasteiger partial charge in [0.25, 0.3) is 5.91 Å². The maximum atomic E-state index is 13.4. The first kappa shape index (κ1) is 18.9. The number of hydrogen-bond donors (Lipinski definition) is 3. The van der Waals surface area contributed by atoms with Crippen molar-refractivity contribution in [3.05, 3.63) is 41.6 Å². The minimum atomic E-state index is -4.63. The quantitative estimate of drug-likeness (QED) is 0.733. The summed E-state index contributed by atoms with van der Waals surface area (Å²) in [4.78, 5) is 19.8. The maximum Gasteiger partial charge on any atom is 0.421 e. The van der Waals surface area contributed by atoms with E-state index in [1.807, 2.05) is 0 Å². The molecule has 1 aliphatic rings. The Labute approximate surface area is 154 Å². The summed E-state index contributed by atoms with van der Waals surface area (Å²) in [5.74, 6) is -0.672. The maximum absolute atomic E-state index is 13.4. The van der Waals surface area contributed by atoms with Crippen LogP contribution in [0.2, 0.25) is 0 Å². The third kappa shape index (κ3) is 4.47. The Hall–Kier alpha value is -2.84. The number of benzene rings is 1. The normalized spacial score (nSPS) is 14.8. The number of carbonyl (C=O) groups excluding carboxylic acids is 1. The minimum Gasteiger partial charge on any atom is -0.355 e. The molecule has 6 nitrogen and oxygen atoms in total. The van der Waals surface area contributed by atoms with Crippen LogP contribution in [0.4, 0.5) is 30.6 Å². The van der Waals surface area contributed by atoms with Gasteiger partial charge in [-0.1, -0.05) is 25.0 Å². The van der Waals surface area contributed by atoms with Crippen LogP contribution in [0, 0.1) is 0 Å². The first-order valence-corrected chi connectivity index (χ1v) is 8.67. The standard InChI is InChI=1S/C18H20F3N5O/c1-22-16(27)12-8-4-5-9-14(12)25-15-13(18(19,20)21)10-23-17(26-15)24-11-6-2-3-7-11/h4-5,8-11H,2-3,6-7H2,1H3,(H,22,27)(H2,23,24,25,26). The molecule has 9 heteroatoms. The molecule has 1 amide bonds. The Bertz CT molecular complexity index is 819. The number of carbonyl (C=O) groups is 1. The highest BCUT2D eigenvalue weighted by Crippen LogP contribution is 2.36. The predicted octanol–water partition coefficient (Wildman–Crippen LogP) is 3.95. The van der Waals surface area contributed by atoms with E-state index in [0.29, 0.717) is 0 Å². The summed E-state index contributed by atoms with van der Waals surface area (Å²) in [7, 11) is 1.45. The number of nitrogens with zero attached hydrogens (tertiary/aromatic N) is 2. The van der Waals surface area contributed by atoms with E-state index in [0.717, 1.165) is 31.9 Å². The monoisotopic (exact) mass is 379 g/mol. The van der Waals surface area contributed by atoms with Crippen LogP contribution in [-0.2, 0) is 6.18 Å². The first-order valence-electron chi connectivity index (χ1n) is 8.67. The molecule has 0 unspecified atom stereocenters. The third-order valence-corrected chi connectivity index (χ3v) is 4.43. The van der Waals surface area contributed by atoms with Crippen LogP contribution in [-0.4, -0.2) is 29.0 Å². The van der Waals surface area contributed by atoms with Crippen LogP contribution in [0.15, 0.2) is 30.5 Å². The molecule has 0 aliphatic heterocycles. The Balaban J connectivity index is 1.95. The number of alkyl halides is 3. The molecule has 3 rings (SSSR count). The summed E-state index contributed by atoms with van der Waals surface area (Å²) < 4.78 is 40.2. The van der Waals surface area contributed by atoms with Gasteiger partial charge in [0.05, 0.1) is 11.3 Å². The van der Waals surface area contributed by atoms with Gasteiger partial charge in [-0.15, -0.1) is 0 Å². The number of nitrogens with one attached hydrogen (secondary N) is 3. The van der Waals surface area contributed by atoms with Gasteiger partial charge in [0.15, 0.2) is 0 Å². The molecule has 1 aliphatic carbocycles. The van der Waals surface area contributed by atoms with E-state index in [-0.39, 0.29) is 23.2 Å². The van der Waals surface area contributed by atoms with Gasteiger partial charge in [-0.3, -0.25) is 4.79 Å². The summed E-state index contributed by atoms with van der Waals surface area (Å²) in [5.41, 5.74) is -0.545. The van der Waals surface area contributed by atoms with Crippen LogP contribution >= 0.6 is 0 Å². The highest BCUT2D eigenvalue weighted by Gasteiger charge is 2.35.